The molecular weight excluding hydrogens is 352 g/mol. The molecule has 0 spiro atoms. The van der Waals surface area contributed by atoms with Gasteiger partial charge < -0.3 is 24.8 Å². The molecule has 144 valence electrons. The number of aromatic amines is 1. The van der Waals surface area contributed by atoms with Gasteiger partial charge in [0.05, 0.1) is 25.5 Å². The zero-order valence-electron chi connectivity index (χ0n) is 14.8. The third kappa shape index (κ3) is 5.28. The van der Waals surface area contributed by atoms with E-state index in [1.54, 1.807) is 4.90 Å². The van der Waals surface area contributed by atoms with Crippen molar-refractivity contribution in [2.45, 2.75) is 19.3 Å². The lowest BCUT2D eigenvalue weighted by molar-refractivity contribution is -0.0271. The van der Waals surface area contributed by atoms with Crippen LogP contribution in [0.5, 0.6) is 0 Å². The summed E-state index contributed by atoms with van der Waals surface area (Å²) in [5.74, 6) is -1.05. The number of amides is 1. The number of H-pyrrole nitrogens is 1. The fourth-order valence-corrected chi connectivity index (χ4v) is 2.82. The summed E-state index contributed by atoms with van der Waals surface area (Å²) in [4.78, 5) is 24.9. The summed E-state index contributed by atoms with van der Waals surface area (Å²) in [6, 6.07) is 9.51. The average Bonchev–Trinajstić information content (AvgIpc) is 3.16. The van der Waals surface area contributed by atoms with Crippen molar-refractivity contribution in [3.05, 3.63) is 53.3 Å². The standard InChI is InChI=1S/C18H22N4O5/c23-17(24)16-14(9-20-21-16)8-19-10-15-11-22(6-7-26-15)18(25)27-12-13-4-2-1-3-5-13/h1-5,9,15,19H,6-8,10-12H2,(H,20,21)(H,23,24). The van der Waals surface area contributed by atoms with Crippen LogP contribution in [0.2, 0.25) is 0 Å². The van der Waals surface area contributed by atoms with Crippen molar-refractivity contribution >= 4 is 12.1 Å². The van der Waals surface area contributed by atoms with Gasteiger partial charge in [-0.05, 0) is 5.56 Å². The van der Waals surface area contributed by atoms with Crippen LogP contribution in [0, 0.1) is 0 Å². The molecule has 1 unspecified atom stereocenters. The van der Waals surface area contributed by atoms with Gasteiger partial charge in [-0.2, -0.15) is 5.10 Å². The van der Waals surface area contributed by atoms with Crippen LogP contribution in [0.1, 0.15) is 21.6 Å². The molecule has 0 radical (unpaired) electrons. The van der Waals surface area contributed by atoms with Crippen molar-refractivity contribution < 1.29 is 24.2 Å². The highest BCUT2D eigenvalue weighted by Gasteiger charge is 2.25. The van der Waals surface area contributed by atoms with Crippen molar-refractivity contribution in [1.82, 2.24) is 20.4 Å². The maximum absolute atomic E-state index is 12.2. The topological polar surface area (TPSA) is 117 Å². The minimum absolute atomic E-state index is 0.0678. The van der Waals surface area contributed by atoms with E-state index in [4.69, 9.17) is 14.6 Å². The number of rotatable bonds is 7. The Balaban J connectivity index is 1.42. The van der Waals surface area contributed by atoms with Crippen molar-refractivity contribution in [2.75, 3.05) is 26.2 Å². The molecule has 2 heterocycles. The zero-order chi connectivity index (χ0) is 19.1. The third-order valence-corrected chi connectivity index (χ3v) is 4.22. The lowest BCUT2D eigenvalue weighted by Gasteiger charge is -2.32. The highest BCUT2D eigenvalue weighted by molar-refractivity contribution is 5.86. The minimum atomic E-state index is -1.05. The molecule has 1 aliphatic heterocycles. The number of aromatic nitrogens is 2. The molecule has 0 bridgehead atoms. The van der Waals surface area contributed by atoms with Gasteiger partial charge in [-0.15, -0.1) is 0 Å². The van der Waals surface area contributed by atoms with Crippen molar-refractivity contribution in [3.8, 4) is 0 Å². The smallest absolute Gasteiger partial charge is 0.410 e. The molecule has 0 aliphatic carbocycles. The van der Waals surface area contributed by atoms with E-state index in [0.29, 0.717) is 38.3 Å². The number of hydrogen-bond acceptors (Lipinski definition) is 6. The van der Waals surface area contributed by atoms with Crippen molar-refractivity contribution in [2.24, 2.45) is 0 Å². The number of hydrogen-bond donors (Lipinski definition) is 3. The predicted molar refractivity (Wildman–Crippen MR) is 95.2 cm³/mol. The average molecular weight is 374 g/mol. The van der Waals surface area contributed by atoms with Crippen LogP contribution in [0.25, 0.3) is 0 Å². The Morgan fingerprint density at radius 2 is 2.19 bits per heavy atom. The van der Waals surface area contributed by atoms with E-state index >= 15 is 0 Å². The number of carboxylic acids is 1. The van der Waals surface area contributed by atoms with E-state index in [0.717, 1.165) is 5.56 Å². The molecule has 9 nitrogen and oxygen atoms in total. The lowest BCUT2D eigenvalue weighted by Crippen LogP contribution is -2.49. The van der Waals surface area contributed by atoms with Crippen LogP contribution in [0.15, 0.2) is 36.5 Å². The highest BCUT2D eigenvalue weighted by Crippen LogP contribution is 2.09. The van der Waals surface area contributed by atoms with Crippen LogP contribution in [-0.4, -0.2) is 64.6 Å². The second-order valence-corrected chi connectivity index (χ2v) is 6.19. The Morgan fingerprint density at radius 3 is 2.96 bits per heavy atom. The number of ether oxygens (including phenoxy) is 2. The molecule has 2 aromatic rings. The molecule has 1 atom stereocenters. The molecule has 3 N–H and O–H groups in total. The highest BCUT2D eigenvalue weighted by atomic mass is 16.6. The van der Waals surface area contributed by atoms with Gasteiger partial charge in [0.1, 0.15) is 12.3 Å². The lowest BCUT2D eigenvalue weighted by atomic mass is 10.2. The van der Waals surface area contributed by atoms with Gasteiger partial charge in [0.2, 0.25) is 0 Å². The van der Waals surface area contributed by atoms with E-state index in [-0.39, 0.29) is 24.5 Å². The second kappa shape index (κ2) is 9.15. The van der Waals surface area contributed by atoms with Crippen molar-refractivity contribution in [3.63, 3.8) is 0 Å². The van der Waals surface area contributed by atoms with Crippen LogP contribution in [-0.2, 0) is 22.6 Å². The number of morpholine rings is 1. The molecule has 1 aliphatic rings. The SMILES string of the molecule is O=C(O)c1[nH]ncc1CNCC1CN(C(=O)OCc2ccccc2)CCO1. The van der Waals surface area contributed by atoms with E-state index in [1.165, 1.54) is 6.20 Å². The van der Waals surface area contributed by atoms with E-state index in [2.05, 4.69) is 15.5 Å². The van der Waals surface area contributed by atoms with Gasteiger partial charge in [0.25, 0.3) is 0 Å². The fraction of sp³-hybridized carbons (Fsp3) is 0.389. The second-order valence-electron chi connectivity index (χ2n) is 6.19. The molecule has 27 heavy (non-hydrogen) atoms. The monoisotopic (exact) mass is 374 g/mol. The molecule has 1 aromatic heterocycles. The number of carboxylic acid groups (broad SMARTS) is 1. The molecular formula is C18H22N4O5. The quantitative estimate of drug-likeness (QED) is 0.667. The first kappa shape index (κ1) is 18.9. The number of carbonyl (C=O) groups is 2. The van der Waals surface area contributed by atoms with Gasteiger partial charge in [-0.3, -0.25) is 5.10 Å². The molecule has 1 amide bonds. The first-order valence-corrected chi connectivity index (χ1v) is 8.67. The summed E-state index contributed by atoms with van der Waals surface area (Å²) < 4.78 is 11.0. The summed E-state index contributed by atoms with van der Waals surface area (Å²) in [6.45, 7) is 2.38. The summed E-state index contributed by atoms with van der Waals surface area (Å²) in [5, 5.41) is 18.4. The number of benzene rings is 1. The minimum Gasteiger partial charge on any atom is -0.477 e. The Labute approximate surface area is 156 Å². The van der Waals surface area contributed by atoms with Gasteiger partial charge in [-0.25, -0.2) is 9.59 Å². The van der Waals surface area contributed by atoms with Gasteiger partial charge in [0, 0.05) is 25.2 Å². The zero-order valence-corrected chi connectivity index (χ0v) is 14.8. The van der Waals surface area contributed by atoms with Crippen LogP contribution in [0.3, 0.4) is 0 Å². The molecule has 9 heteroatoms. The Morgan fingerprint density at radius 1 is 1.37 bits per heavy atom. The van der Waals surface area contributed by atoms with E-state index in [1.807, 2.05) is 30.3 Å². The molecule has 0 saturated carbocycles. The van der Waals surface area contributed by atoms with Crippen molar-refractivity contribution in [1.29, 1.82) is 0 Å². The molecule has 1 fully saturated rings. The summed E-state index contributed by atoms with van der Waals surface area (Å²) >= 11 is 0. The third-order valence-electron chi connectivity index (χ3n) is 4.22. The summed E-state index contributed by atoms with van der Waals surface area (Å²) in [7, 11) is 0. The molecule has 1 saturated heterocycles. The fourth-order valence-electron chi connectivity index (χ4n) is 2.82. The van der Waals surface area contributed by atoms with Crippen LogP contribution >= 0.6 is 0 Å². The summed E-state index contributed by atoms with van der Waals surface area (Å²) in [6.07, 6.45) is 0.921. The number of nitrogens with zero attached hydrogens (tertiary/aromatic N) is 2. The largest absolute Gasteiger partial charge is 0.477 e. The van der Waals surface area contributed by atoms with E-state index < -0.39 is 5.97 Å². The Kier molecular flexibility index (Phi) is 6.39. The number of aromatic carboxylic acids is 1. The Hall–Kier alpha value is -2.91. The number of nitrogens with one attached hydrogen (secondary N) is 2. The normalized spacial score (nSPS) is 16.9. The van der Waals surface area contributed by atoms with Crippen LogP contribution < -0.4 is 5.32 Å². The maximum Gasteiger partial charge on any atom is 0.410 e. The number of carbonyl (C=O) groups excluding carboxylic acids is 1. The maximum atomic E-state index is 12.2. The molecule has 3 rings (SSSR count). The first-order valence-electron chi connectivity index (χ1n) is 8.67. The van der Waals surface area contributed by atoms with Gasteiger partial charge in [0.15, 0.2) is 0 Å². The van der Waals surface area contributed by atoms with E-state index in [9.17, 15) is 9.59 Å². The van der Waals surface area contributed by atoms with Gasteiger partial charge >= 0.3 is 12.1 Å². The first-order chi connectivity index (χ1) is 13.1. The Bertz CT molecular complexity index is 764. The predicted octanol–water partition coefficient (Wildman–Crippen LogP) is 1.24. The van der Waals surface area contributed by atoms with Gasteiger partial charge in [-0.1, -0.05) is 30.3 Å². The summed E-state index contributed by atoms with van der Waals surface area (Å²) in [5.41, 5.74) is 1.57. The van der Waals surface area contributed by atoms with Crippen LogP contribution in [0.4, 0.5) is 4.79 Å². The molecule has 1 aromatic carbocycles.